The van der Waals surface area contributed by atoms with Crippen LogP contribution in [0.4, 0.5) is 11.5 Å². The molecule has 0 saturated carbocycles. The van der Waals surface area contributed by atoms with Crippen LogP contribution in [0.3, 0.4) is 0 Å². The van der Waals surface area contributed by atoms with Gasteiger partial charge in [-0.2, -0.15) is 0 Å². The Balaban J connectivity index is 0.000000128. The molecule has 0 saturated heterocycles. The van der Waals surface area contributed by atoms with E-state index in [1.165, 1.54) is 0 Å². The van der Waals surface area contributed by atoms with Gasteiger partial charge in [0, 0.05) is 76.6 Å². The van der Waals surface area contributed by atoms with Crippen molar-refractivity contribution in [1.82, 2.24) is 44.9 Å². The molecule has 79 heavy (non-hydrogen) atoms. The summed E-state index contributed by atoms with van der Waals surface area (Å²) >= 11 is 35.9. The molecule has 0 radical (unpaired) electrons. The Bertz CT molecular complexity index is 4150. The van der Waals surface area contributed by atoms with Gasteiger partial charge >= 0.3 is 0 Å². The molecule has 5 heterocycles. The van der Waals surface area contributed by atoms with Crippen molar-refractivity contribution >= 4 is 125 Å². The van der Waals surface area contributed by atoms with Gasteiger partial charge in [-0.3, -0.25) is 9.78 Å². The standard InChI is InChI=1S/C19H13ClN4.2C14H8Cl2N2.C14H9ClN2O.CH4/c20-14-7-5-13(6-8-14)18-23-17-4-2-1-3-16(17)19(24-18)22-15-9-11-21-12-10-15;2*15-10-7-5-9(6-8-10)14-17-12-4-2-1-3-11(12)13(16)18-14;15-10-7-5-9(6-8-10)13-16-12-4-2-1-3-11(12)14(18)17-13;/h1-12H,(H,21,22,23,24);2*1-8H;1-8H,(H,16,17,18);1H4. The lowest BCUT2D eigenvalue weighted by Gasteiger charge is -2.11. The molecule has 13 aromatic rings. The first-order valence-electron chi connectivity index (χ1n) is 23.8. The highest BCUT2D eigenvalue weighted by Crippen LogP contribution is 2.30. The van der Waals surface area contributed by atoms with Gasteiger partial charge in [0.2, 0.25) is 0 Å². The van der Waals surface area contributed by atoms with Gasteiger partial charge < -0.3 is 10.3 Å². The summed E-state index contributed by atoms with van der Waals surface area (Å²) < 4.78 is 0. The highest BCUT2D eigenvalue weighted by atomic mass is 35.5. The van der Waals surface area contributed by atoms with Crippen molar-refractivity contribution in [3.8, 4) is 45.6 Å². The van der Waals surface area contributed by atoms with Crippen LogP contribution in [0, 0.1) is 0 Å². The Kier molecular flexibility index (Phi) is 18.1. The van der Waals surface area contributed by atoms with Crippen LogP contribution in [0.15, 0.2) is 223 Å². The summed E-state index contributed by atoms with van der Waals surface area (Å²) in [5.41, 5.74) is 7.58. The topological polar surface area (TPSA) is 148 Å². The van der Waals surface area contributed by atoms with Crippen molar-refractivity contribution in [2.45, 2.75) is 7.43 Å². The monoisotopic (exact) mass is 1150 g/mol. The number of halogens is 6. The molecule has 388 valence electrons. The number of hydrogen-bond donors (Lipinski definition) is 2. The number of aromatic nitrogens is 9. The zero-order valence-electron chi connectivity index (χ0n) is 40.5. The van der Waals surface area contributed by atoms with Gasteiger partial charge in [0.1, 0.15) is 21.9 Å². The van der Waals surface area contributed by atoms with Gasteiger partial charge in [-0.15, -0.1) is 0 Å². The van der Waals surface area contributed by atoms with Crippen LogP contribution >= 0.6 is 69.6 Å². The fraction of sp³-hybridized carbons (Fsp3) is 0.0161. The van der Waals surface area contributed by atoms with E-state index in [1.54, 1.807) is 30.6 Å². The third-order valence-corrected chi connectivity index (χ3v) is 13.3. The molecule has 0 aliphatic rings. The van der Waals surface area contributed by atoms with Gasteiger partial charge in [0.25, 0.3) is 5.56 Å². The second-order valence-electron chi connectivity index (χ2n) is 16.9. The van der Waals surface area contributed by atoms with Crippen LogP contribution in [0.1, 0.15) is 7.43 Å². The van der Waals surface area contributed by atoms with E-state index < -0.39 is 0 Å². The summed E-state index contributed by atoms with van der Waals surface area (Å²) in [6, 6.07) is 63.8. The molecular weight excluding hydrogens is 1110 g/mol. The second kappa shape index (κ2) is 25.8. The quantitative estimate of drug-likeness (QED) is 0.154. The number of pyridine rings is 1. The summed E-state index contributed by atoms with van der Waals surface area (Å²) in [5.74, 6) is 3.18. The van der Waals surface area contributed by atoms with Crippen LogP contribution < -0.4 is 10.9 Å². The minimum absolute atomic E-state index is 0. The van der Waals surface area contributed by atoms with Gasteiger partial charge in [0.05, 0.1) is 27.5 Å². The number of anilines is 2. The van der Waals surface area contributed by atoms with Crippen molar-refractivity contribution in [3.05, 3.63) is 259 Å². The molecule has 13 rings (SSSR count). The van der Waals surface area contributed by atoms with E-state index in [-0.39, 0.29) is 13.0 Å². The maximum absolute atomic E-state index is 11.9. The van der Waals surface area contributed by atoms with Crippen LogP contribution in [0.25, 0.3) is 89.2 Å². The van der Waals surface area contributed by atoms with E-state index in [9.17, 15) is 4.79 Å². The fourth-order valence-corrected chi connectivity index (χ4v) is 8.82. The van der Waals surface area contributed by atoms with E-state index in [0.29, 0.717) is 64.6 Å². The van der Waals surface area contributed by atoms with Crippen LogP contribution in [-0.2, 0) is 0 Å². The third kappa shape index (κ3) is 13.8. The average molecular weight is 1160 g/mol. The molecule has 8 aromatic carbocycles. The predicted molar refractivity (Wildman–Crippen MR) is 327 cm³/mol. The summed E-state index contributed by atoms with van der Waals surface area (Å²) in [6.07, 6.45) is 3.48. The smallest absolute Gasteiger partial charge is 0.259 e. The maximum Gasteiger partial charge on any atom is 0.259 e. The largest absolute Gasteiger partial charge is 0.340 e. The zero-order valence-corrected chi connectivity index (χ0v) is 45.1. The van der Waals surface area contributed by atoms with E-state index in [4.69, 9.17) is 74.6 Å². The molecule has 0 amide bonds. The average Bonchev–Trinajstić information content (AvgIpc) is 3.52. The zero-order chi connectivity index (χ0) is 54.0. The first kappa shape index (κ1) is 55.4. The number of fused-ring (bicyclic) bond motifs is 4. The van der Waals surface area contributed by atoms with E-state index in [2.05, 4.69) is 45.2 Å². The van der Waals surface area contributed by atoms with Crippen LogP contribution in [0.2, 0.25) is 30.4 Å². The lowest BCUT2D eigenvalue weighted by Crippen LogP contribution is -2.09. The number of nitrogens with one attached hydrogen (secondary N) is 2. The lowest BCUT2D eigenvalue weighted by atomic mass is 10.2. The van der Waals surface area contributed by atoms with Crippen molar-refractivity contribution in [2.75, 3.05) is 5.32 Å². The highest BCUT2D eigenvalue weighted by molar-refractivity contribution is 6.35. The lowest BCUT2D eigenvalue weighted by molar-refractivity contribution is 1.18. The van der Waals surface area contributed by atoms with Crippen molar-refractivity contribution in [1.29, 1.82) is 0 Å². The van der Waals surface area contributed by atoms with E-state index >= 15 is 0 Å². The first-order valence-corrected chi connectivity index (χ1v) is 26.1. The minimum Gasteiger partial charge on any atom is -0.340 e. The third-order valence-electron chi connectivity index (χ3n) is 11.7. The van der Waals surface area contributed by atoms with E-state index in [1.807, 2.05) is 188 Å². The van der Waals surface area contributed by atoms with Gasteiger partial charge in [-0.1, -0.05) is 126 Å². The Morgan fingerprint density at radius 3 is 1.11 bits per heavy atom. The van der Waals surface area contributed by atoms with Crippen LogP contribution in [0.5, 0.6) is 0 Å². The second-order valence-corrected chi connectivity index (χ2v) is 19.4. The fourth-order valence-electron chi connectivity index (χ4n) is 7.83. The Morgan fingerprint density at radius 2 is 0.684 bits per heavy atom. The van der Waals surface area contributed by atoms with Crippen molar-refractivity contribution in [2.24, 2.45) is 0 Å². The van der Waals surface area contributed by atoms with Crippen molar-refractivity contribution < 1.29 is 0 Å². The molecular formula is C62H42Cl6N10O. The molecule has 0 aliphatic heterocycles. The number of nitrogens with zero attached hydrogens (tertiary/aromatic N) is 8. The van der Waals surface area contributed by atoms with Gasteiger partial charge in [-0.25, -0.2) is 34.9 Å². The molecule has 0 spiro atoms. The Labute approximate surface area is 484 Å². The summed E-state index contributed by atoms with van der Waals surface area (Å²) in [5, 5.41) is 10.3. The van der Waals surface area contributed by atoms with E-state index in [0.717, 1.165) is 66.5 Å². The maximum atomic E-state index is 11.9. The first-order chi connectivity index (χ1) is 38.0. The molecule has 11 nitrogen and oxygen atoms in total. The number of H-pyrrole nitrogens is 1. The van der Waals surface area contributed by atoms with Crippen LogP contribution in [-0.4, -0.2) is 44.9 Å². The number of benzene rings is 8. The summed E-state index contributed by atoms with van der Waals surface area (Å²) in [6.45, 7) is 0. The SMILES string of the molecule is C.Clc1ccc(-c2nc(Cl)c3ccccc3n2)cc1.Clc1ccc(-c2nc(Cl)c3ccccc3n2)cc1.Clc1ccc(-c2nc(Nc3ccncc3)c3ccccc3n2)cc1.O=c1[nH]c(-c2ccc(Cl)cc2)nc2ccccc12. The predicted octanol–water partition coefficient (Wildman–Crippen LogP) is 18.2. The number of aromatic amines is 1. The molecule has 0 unspecified atom stereocenters. The van der Waals surface area contributed by atoms with Crippen molar-refractivity contribution in [3.63, 3.8) is 0 Å². The highest BCUT2D eigenvalue weighted by Gasteiger charge is 2.12. The molecule has 0 bridgehead atoms. The molecule has 0 aliphatic carbocycles. The summed E-state index contributed by atoms with van der Waals surface area (Å²) in [4.78, 5) is 50.2. The minimum atomic E-state index is -0.134. The Morgan fingerprint density at radius 1 is 0.342 bits per heavy atom. The number of rotatable bonds is 6. The molecule has 0 fully saturated rings. The molecule has 17 heteroatoms. The number of para-hydroxylation sites is 4. The molecule has 0 atom stereocenters. The Hall–Kier alpha value is -8.39. The molecule has 2 N–H and O–H groups in total. The number of hydrogen-bond acceptors (Lipinski definition) is 10. The summed E-state index contributed by atoms with van der Waals surface area (Å²) in [7, 11) is 0. The van der Waals surface area contributed by atoms with Gasteiger partial charge in [0.15, 0.2) is 17.5 Å². The molecule has 5 aromatic heterocycles. The normalized spacial score (nSPS) is 10.6. The van der Waals surface area contributed by atoms with Gasteiger partial charge in [-0.05, 0) is 158 Å².